The van der Waals surface area contributed by atoms with E-state index in [1.807, 2.05) is 70.0 Å². The van der Waals surface area contributed by atoms with Gasteiger partial charge in [0.25, 0.3) is 5.91 Å². The first-order valence-corrected chi connectivity index (χ1v) is 12.6. The second-order valence-corrected chi connectivity index (χ2v) is 9.18. The van der Waals surface area contributed by atoms with E-state index in [0.717, 1.165) is 28.3 Å². The molecule has 0 spiro atoms. The number of carbonyl (C=O) groups is 2. The first kappa shape index (κ1) is 36.4. The van der Waals surface area contributed by atoms with Crippen LogP contribution < -0.4 is 11.1 Å². The molecule has 0 aliphatic heterocycles. The summed E-state index contributed by atoms with van der Waals surface area (Å²) in [5.74, 6) is 0.771. The molecule has 1 amide bonds. The van der Waals surface area contributed by atoms with Crippen molar-refractivity contribution in [2.75, 3.05) is 26.0 Å². The van der Waals surface area contributed by atoms with Gasteiger partial charge < -0.3 is 20.7 Å². The summed E-state index contributed by atoms with van der Waals surface area (Å²) in [6.45, 7) is 21.6. The molecule has 208 valence electrons. The van der Waals surface area contributed by atoms with Crippen molar-refractivity contribution in [3.8, 4) is 0 Å². The largest absolute Gasteiger partial charge is 0.383 e. The van der Waals surface area contributed by atoms with Crippen molar-refractivity contribution in [3.05, 3.63) is 96.2 Å². The molecule has 6 heteroatoms. The molecule has 38 heavy (non-hydrogen) atoms. The van der Waals surface area contributed by atoms with E-state index in [1.54, 1.807) is 6.20 Å². The topological polar surface area (TPSA) is 87.8 Å². The number of nitrogens with one attached hydrogen (secondary N) is 1. The van der Waals surface area contributed by atoms with E-state index in [2.05, 4.69) is 75.4 Å². The van der Waals surface area contributed by atoms with Crippen molar-refractivity contribution < 1.29 is 9.59 Å². The summed E-state index contributed by atoms with van der Waals surface area (Å²) in [7, 11) is 4.19. The van der Waals surface area contributed by atoms with E-state index in [-0.39, 0.29) is 11.7 Å². The molecule has 0 fully saturated rings. The molecule has 0 atom stereocenters. The fourth-order valence-electron chi connectivity index (χ4n) is 3.27. The Bertz CT molecular complexity index is 1010. The van der Waals surface area contributed by atoms with Crippen molar-refractivity contribution in [1.82, 2.24) is 4.90 Å². The second-order valence-electron chi connectivity index (χ2n) is 9.18. The number of anilines is 1. The summed E-state index contributed by atoms with van der Waals surface area (Å²) in [6.07, 6.45) is 2.42. The molecule has 2 aromatic rings. The monoisotopic (exact) mass is 520 g/mol. The van der Waals surface area contributed by atoms with Crippen molar-refractivity contribution in [1.29, 1.82) is 0 Å². The van der Waals surface area contributed by atoms with Crippen molar-refractivity contribution in [2.24, 2.45) is 16.6 Å². The molecule has 6 nitrogen and oxygen atoms in total. The lowest BCUT2D eigenvalue weighted by Gasteiger charge is -2.11. The van der Waals surface area contributed by atoms with Gasteiger partial charge in [-0.2, -0.15) is 0 Å². The minimum atomic E-state index is -0.247. The number of aliphatic imine (C=N–C) groups is 1. The zero-order valence-electron chi connectivity index (χ0n) is 24.7. The minimum Gasteiger partial charge on any atom is -0.383 e. The summed E-state index contributed by atoms with van der Waals surface area (Å²) in [5.41, 5.74) is 11.5. The standard InChI is InChI=1S/C23H27N3O.C6H15N.C2H4.CH2O/c1-5-17(3)21(23(27)26-20-9-7-6-8-10-20)22(24)25-15-18(4)19-13-11-16(2)12-14-19;1-6(2)5-7(3)4;2*1-2/h6-15H,5H2,1-4H3,(H2,24,25)(H,26,27);6H,5H2,1-4H3;1-2H2;1H2/b18-15+,21-17-;;;. The van der Waals surface area contributed by atoms with Crippen molar-refractivity contribution >= 4 is 29.8 Å². The molecule has 2 aromatic carbocycles. The number of amides is 1. The van der Waals surface area contributed by atoms with Crippen LogP contribution >= 0.6 is 0 Å². The number of benzene rings is 2. The van der Waals surface area contributed by atoms with Gasteiger partial charge in [0.1, 0.15) is 12.6 Å². The molecule has 0 radical (unpaired) electrons. The molecular formula is C32H48N4O2. The van der Waals surface area contributed by atoms with E-state index in [0.29, 0.717) is 12.0 Å². The van der Waals surface area contributed by atoms with Gasteiger partial charge in [0.2, 0.25) is 0 Å². The zero-order valence-corrected chi connectivity index (χ0v) is 24.7. The van der Waals surface area contributed by atoms with Gasteiger partial charge in [-0.1, -0.05) is 74.4 Å². The second kappa shape index (κ2) is 21.3. The van der Waals surface area contributed by atoms with E-state index in [1.165, 1.54) is 12.1 Å². The number of amidine groups is 1. The van der Waals surface area contributed by atoms with Crippen LogP contribution in [0, 0.1) is 12.8 Å². The molecular weight excluding hydrogens is 472 g/mol. The number of hydrogen-bond donors (Lipinski definition) is 2. The maximum absolute atomic E-state index is 12.8. The molecule has 3 N–H and O–H groups in total. The highest BCUT2D eigenvalue weighted by Crippen LogP contribution is 2.16. The lowest BCUT2D eigenvalue weighted by molar-refractivity contribution is -0.112. The van der Waals surface area contributed by atoms with Crippen LogP contribution in [0.4, 0.5) is 5.69 Å². The molecule has 2 rings (SSSR count). The highest BCUT2D eigenvalue weighted by Gasteiger charge is 2.16. The quantitative estimate of drug-likeness (QED) is 0.171. The summed E-state index contributed by atoms with van der Waals surface area (Å²) < 4.78 is 0. The van der Waals surface area contributed by atoms with Crippen LogP contribution in [0.15, 0.2) is 90.1 Å². The lowest BCUT2D eigenvalue weighted by Crippen LogP contribution is -2.27. The van der Waals surface area contributed by atoms with Crippen LogP contribution in [0.2, 0.25) is 0 Å². The average molecular weight is 521 g/mol. The van der Waals surface area contributed by atoms with Gasteiger partial charge in [0.05, 0.1) is 5.57 Å². The number of nitrogens with zero attached hydrogens (tertiary/aromatic N) is 2. The van der Waals surface area contributed by atoms with Gasteiger partial charge in [-0.15, -0.1) is 13.2 Å². The van der Waals surface area contributed by atoms with Gasteiger partial charge in [0.15, 0.2) is 0 Å². The third kappa shape index (κ3) is 15.4. The lowest BCUT2D eigenvalue weighted by atomic mass is 10.1. The van der Waals surface area contributed by atoms with Crippen LogP contribution in [0.3, 0.4) is 0 Å². The van der Waals surface area contributed by atoms with Gasteiger partial charge >= 0.3 is 0 Å². The normalized spacial score (nSPS) is 11.6. The van der Waals surface area contributed by atoms with Crippen molar-refractivity contribution in [2.45, 2.75) is 48.0 Å². The van der Waals surface area contributed by atoms with E-state index < -0.39 is 0 Å². The Hall–Kier alpha value is -3.77. The van der Waals surface area contributed by atoms with E-state index in [4.69, 9.17) is 10.5 Å². The minimum absolute atomic E-state index is 0.217. The molecule has 0 aliphatic rings. The number of allylic oxidation sites excluding steroid dienone is 2. The number of aryl methyl sites for hydroxylation is 1. The van der Waals surface area contributed by atoms with E-state index >= 15 is 0 Å². The maximum atomic E-state index is 12.8. The number of nitrogens with two attached hydrogens (primary N) is 1. The van der Waals surface area contributed by atoms with Gasteiger partial charge in [-0.3, -0.25) is 4.79 Å². The Labute approximate surface area is 231 Å². The number of hydrogen-bond acceptors (Lipinski definition) is 4. The molecule has 0 unspecified atom stereocenters. The molecule has 0 bridgehead atoms. The fraction of sp³-hybridized carbons (Fsp3) is 0.344. The number of carbonyl (C=O) groups excluding carboxylic acids is 2. The van der Waals surface area contributed by atoms with Crippen LogP contribution in [0.25, 0.3) is 5.57 Å². The fourth-order valence-corrected chi connectivity index (χ4v) is 3.27. The molecule has 0 saturated heterocycles. The average Bonchev–Trinajstić information content (AvgIpc) is 2.90. The Morgan fingerprint density at radius 2 is 1.55 bits per heavy atom. The van der Waals surface area contributed by atoms with Crippen LogP contribution in [-0.2, 0) is 9.59 Å². The van der Waals surface area contributed by atoms with Crippen LogP contribution in [0.1, 0.15) is 52.2 Å². The summed E-state index contributed by atoms with van der Waals surface area (Å²) in [6, 6.07) is 17.5. The van der Waals surface area contributed by atoms with Crippen molar-refractivity contribution in [3.63, 3.8) is 0 Å². The zero-order chi connectivity index (χ0) is 29.7. The summed E-state index contributed by atoms with van der Waals surface area (Å²) >= 11 is 0. The summed E-state index contributed by atoms with van der Waals surface area (Å²) in [4.78, 5) is 27.3. The molecule has 0 heterocycles. The number of rotatable bonds is 8. The number of para-hydroxylation sites is 1. The Morgan fingerprint density at radius 1 is 1.03 bits per heavy atom. The predicted molar refractivity (Wildman–Crippen MR) is 166 cm³/mol. The Morgan fingerprint density at radius 3 is 1.97 bits per heavy atom. The Balaban J connectivity index is 0. The summed E-state index contributed by atoms with van der Waals surface area (Å²) in [5, 5.41) is 2.89. The maximum Gasteiger partial charge on any atom is 0.259 e. The van der Waals surface area contributed by atoms with Gasteiger partial charge in [0, 0.05) is 11.9 Å². The van der Waals surface area contributed by atoms with Gasteiger partial charge in [-0.05, 0) is 77.0 Å². The SMILES string of the molecule is C=C.C=O.CC(C)CN(C)C.CC/C(C)=C(C(=O)Nc1ccccc1)/C(N)=N/C=C(\C)c1ccc(C)cc1. The first-order chi connectivity index (χ1) is 18.0. The molecule has 0 aromatic heterocycles. The predicted octanol–water partition coefficient (Wildman–Crippen LogP) is 6.90. The highest BCUT2D eigenvalue weighted by atomic mass is 16.1. The van der Waals surface area contributed by atoms with E-state index in [9.17, 15) is 4.79 Å². The Kier molecular flexibility index (Phi) is 20.4. The van der Waals surface area contributed by atoms with Gasteiger partial charge in [-0.25, -0.2) is 4.99 Å². The smallest absolute Gasteiger partial charge is 0.259 e. The molecule has 0 aliphatic carbocycles. The highest BCUT2D eigenvalue weighted by molar-refractivity contribution is 6.24. The van der Waals surface area contributed by atoms with Crippen LogP contribution in [0.5, 0.6) is 0 Å². The molecule has 0 saturated carbocycles. The third-order valence-electron chi connectivity index (χ3n) is 5.11. The first-order valence-electron chi connectivity index (χ1n) is 12.6. The van der Waals surface area contributed by atoms with Crippen LogP contribution in [-0.4, -0.2) is 44.1 Å². The third-order valence-corrected chi connectivity index (χ3v) is 5.11.